The van der Waals surface area contributed by atoms with Crippen LogP contribution in [-0.2, 0) is 0 Å². The van der Waals surface area contributed by atoms with Gasteiger partial charge < -0.3 is 21.4 Å². The maximum Gasteiger partial charge on any atom is 2.00 e. The largest absolute Gasteiger partial charge is 2.00 e. The van der Waals surface area contributed by atoms with Gasteiger partial charge in [0.05, 0.1) is 0 Å². The van der Waals surface area contributed by atoms with Crippen LogP contribution in [-0.4, -0.2) is 31.4 Å². The number of rotatable bonds is 5. The molecule has 0 amide bonds. The fourth-order valence-electron chi connectivity index (χ4n) is 3.02. The van der Waals surface area contributed by atoms with Crippen LogP contribution in [0.1, 0.15) is 41.5 Å². The van der Waals surface area contributed by atoms with Crippen molar-refractivity contribution in [3.8, 4) is 5.75 Å². The summed E-state index contributed by atoms with van der Waals surface area (Å²) in [5.41, 5.74) is 1.66. The van der Waals surface area contributed by atoms with E-state index >= 15 is 0 Å². The molecule has 0 bridgehead atoms. The first kappa shape index (κ1) is 23.0. The maximum absolute atomic E-state index is 6.50. The van der Waals surface area contributed by atoms with Gasteiger partial charge in [-0.25, -0.2) is 0 Å². The second-order valence-electron chi connectivity index (χ2n) is 5.78. The van der Waals surface area contributed by atoms with Gasteiger partial charge in [-0.05, 0) is 21.6 Å². The molecule has 5 heteroatoms. The molecule has 0 unspecified atom stereocenters. The molecule has 0 aliphatic carbocycles. The molecule has 0 aliphatic heterocycles. The van der Waals surface area contributed by atoms with Crippen molar-refractivity contribution in [1.29, 1.82) is 0 Å². The zero-order chi connectivity index (χ0) is 13.9. The summed E-state index contributed by atoms with van der Waals surface area (Å²) in [6.07, 6.45) is 0. The van der Waals surface area contributed by atoms with Gasteiger partial charge in [0.1, 0.15) is 0 Å². The second kappa shape index (κ2) is 9.72. The smallest absolute Gasteiger partial charge is 1.00 e. The Morgan fingerprint density at radius 3 is 1.85 bits per heavy atom. The van der Waals surface area contributed by atoms with Gasteiger partial charge in [0.25, 0.3) is 8.32 Å². The Hall–Kier alpha value is 0.773. The fourth-order valence-corrected chi connectivity index (χ4v) is 8.52. The van der Waals surface area contributed by atoms with E-state index in [4.69, 9.17) is 16.0 Å². The molecule has 0 radical (unpaired) electrons. The van der Waals surface area contributed by atoms with Crippen molar-refractivity contribution in [2.75, 3.05) is 0 Å². The quantitative estimate of drug-likeness (QED) is 0.556. The number of benzene rings is 1. The molecule has 0 N–H and O–H groups in total. The van der Waals surface area contributed by atoms with Crippen molar-refractivity contribution in [1.82, 2.24) is 0 Å². The Labute approximate surface area is 156 Å². The van der Waals surface area contributed by atoms with Crippen molar-refractivity contribution < 1.29 is 21.4 Å². The average molecular weight is 388 g/mol. The van der Waals surface area contributed by atoms with E-state index in [2.05, 4.69) is 47.6 Å². The first-order chi connectivity index (χ1) is 8.32. The Morgan fingerprint density at radius 1 is 1.05 bits per heavy atom. The van der Waals surface area contributed by atoms with Gasteiger partial charge in [-0.3, -0.25) is 0 Å². The van der Waals surface area contributed by atoms with E-state index < -0.39 is 8.32 Å². The van der Waals surface area contributed by atoms with E-state index in [-0.39, 0.29) is 40.0 Å². The van der Waals surface area contributed by atoms with Crippen LogP contribution in [0.3, 0.4) is 0 Å². The van der Waals surface area contributed by atoms with Crippen molar-refractivity contribution >= 4 is 43.0 Å². The van der Waals surface area contributed by atoms with Crippen LogP contribution in [0.4, 0.5) is 0 Å². The average Bonchev–Trinajstić information content (AvgIpc) is 2.26. The van der Waals surface area contributed by atoms with Gasteiger partial charge >= 0.3 is 23.1 Å². The molecule has 20 heavy (non-hydrogen) atoms. The summed E-state index contributed by atoms with van der Waals surface area (Å²) in [6, 6.07) is 8.54. The summed E-state index contributed by atoms with van der Waals surface area (Å²) in [4.78, 5) is 0. The summed E-state index contributed by atoms with van der Waals surface area (Å²) in [6.45, 7) is 13.6. The standard InChI is InChI=1S/C15H24ClOSi.BrH.Mg/c1-11(2)18(12(3)4,13(5)6)17-15-10-8-7-9-14(15)16;;/h8-13H,1-6H3;1H;/q-1;;+2/p-1. The fraction of sp³-hybridized carbons (Fsp3) is 0.600. The molecule has 1 nitrogen and oxygen atoms in total. The summed E-state index contributed by atoms with van der Waals surface area (Å²) in [5, 5.41) is 0.663. The Morgan fingerprint density at radius 2 is 1.50 bits per heavy atom. The third-order valence-electron chi connectivity index (χ3n) is 3.77. The van der Waals surface area contributed by atoms with Gasteiger partial charge in [-0.1, -0.05) is 41.5 Å². The molecule has 0 fully saturated rings. The Kier molecular flexibility index (Phi) is 11.2. The first-order valence-electron chi connectivity index (χ1n) is 6.67. The molecule has 0 aromatic heterocycles. The molecule has 1 rings (SSSR count). The molecule has 0 saturated carbocycles. The van der Waals surface area contributed by atoms with E-state index in [1.54, 1.807) is 6.07 Å². The normalized spacial score (nSPS) is 11.3. The summed E-state index contributed by atoms with van der Waals surface area (Å²) in [7, 11) is -1.90. The van der Waals surface area contributed by atoms with E-state index in [1.807, 2.05) is 12.1 Å². The van der Waals surface area contributed by atoms with Crippen molar-refractivity contribution in [3.05, 3.63) is 29.3 Å². The van der Waals surface area contributed by atoms with Gasteiger partial charge in [0, 0.05) is 5.75 Å². The van der Waals surface area contributed by atoms with Crippen LogP contribution in [0.5, 0.6) is 5.75 Å². The van der Waals surface area contributed by atoms with Gasteiger partial charge in [-0.15, -0.1) is 6.07 Å². The second-order valence-corrected chi connectivity index (χ2v) is 11.6. The van der Waals surface area contributed by atoms with Crippen molar-refractivity contribution in [3.63, 3.8) is 0 Å². The predicted octanol–water partition coefficient (Wildman–Crippen LogP) is 2.32. The van der Waals surface area contributed by atoms with Crippen molar-refractivity contribution in [2.24, 2.45) is 0 Å². The number of hydrogen-bond acceptors (Lipinski definition) is 1. The van der Waals surface area contributed by atoms with Crippen LogP contribution >= 0.6 is 11.6 Å². The predicted molar refractivity (Wildman–Crippen MR) is 87.7 cm³/mol. The summed E-state index contributed by atoms with van der Waals surface area (Å²) >= 11 is 6.21. The molecular weight excluding hydrogens is 364 g/mol. The van der Waals surface area contributed by atoms with Gasteiger partial charge in [-0.2, -0.15) is 29.8 Å². The van der Waals surface area contributed by atoms with Crippen LogP contribution < -0.4 is 21.4 Å². The number of hydrogen-bond donors (Lipinski definition) is 0. The first-order valence-corrected chi connectivity index (χ1v) is 9.18. The molecule has 0 heterocycles. The minimum Gasteiger partial charge on any atom is -1.00 e. The molecular formula is C15H24BrClMgOSi. The number of halogens is 2. The van der Waals surface area contributed by atoms with E-state index in [0.29, 0.717) is 21.6 Å². The molecule has 1 aromatic carbocycles. The Balaban J connectivity index is 0. The molecule has 0 atom stereocenters. The van der Waals surface area contributed by atoms with Crippen LogP contribution in [0.15, 0.2) is 18.2 Å². The molecule has 1 aromatic rings. The molecule has 0 aliphatic rings. The van der Waals surface area contributed by atoms with E-state index in [0.717, 1.165) is 5.75 Å². The monoisotopic (exact) mass is 386 g/mol. The third kappa shape index (κ3) is 4.90. The van der Waals surface area contributed by atoms with Crippen LogP contribution in [0.25, 0.3) is 0 Å². The zero-order valence-corrected chi connectivity index (χ0v) is 18.1. The summed E-state index contributed by atoms with van der Waals surface area (Å²) < 4.78 is 6.50. The van der Waals surface area contributed by atoms with Crippen molar-refractivity contribution in [2.45, 2.75) is 58.2 Å². The minimum absolute atomic E-state index is 0. The van der Waals surface area contributed by atoms with Crippen LogP contribution in [0, 0.1) is 6.07 Å². The zero-order valence-electron chi connectivity index (χ0n) is 13.3. The van der Waals surface area contributed by atoms with Gasteiger partial charge in [0.15, 0.2) is 0 Å². The molecule has 110 valence electrons. The topological polar surface area (TPSA) is 9.23 Å². The van der Waals surface area contributed by atoms with Gasteiger partial charge in [0.2, 0.25) is 0 Å². The maximum atomic E-state index is 6.50. The Bertz CT molecular complexity index is 377. The van der Waals surface area contributed by atoms with E-state index in [9.17, 15) is 0 Å². The third-order valence-corrected chi connectivity index (χ3v) is 10.1. The SMILES string of the molecule is CC(C)[Si](Oc1cc[c-]cc1Cl)(C(C)C)C(C)C.[Br-].[Mg+2]. The molecule has 0 saturated heterocycles. The minimum atomic E-state index is -1.90. The van der Waals surface area contributed by atoms with E-state index in [1.165, 1.54) is 0 Å². The molecule has 0 spiro atoms. The summed E-state index contributed by atoms with van der Waals surface area (Å²) in [5.74, 6) is 0.818. The van der Waals surface area contributed by atoms with Crippen LogP contribution in [0.2, 0.25) is 21.6 Å².